The first-order chi connectivity index (χ1) is 4.66. The quantitative estimate of drug-likeness (QED) is 0.348. The van der Waals surface area contributed by atoms with Crippen LogP contribution in [-0.2, 0) is 0 Å². The van der Waals surface area contributed by atoms with Crippen molar-refractivity contribution in [1.29, 1.82) is 0 Å². The number of hydrogen-bond acceptors (Lipinski definition) is 4. The largest absolute Gasteiger partial charge is 0.395 e. The Morgan fingerprint density at radius 1 is 1.30 bits per heavy atom. The molecule has 0 aromatic carbocycles. The van der Waals surface area contributed by atoms with E-state index >= 15 is 0 Å². The second-order valence-corrected chi connectivity index (χ2v) is 2.73. The molecule has 1 heterocycles. The molecule has 4 heteroatoms. The van der Waals surface area contributed by atoms with E-state index in [2.05, 4.69) is 5.32 Å². The lowest BCUT2D eigenvalue weighted by Crippen LogP contribution is -2.36. The zero-order chi connectivity index (χ0) is 7.72. The highest BCUT2D eigenvalue weighted by Gasteiger charge is 2.37. The van der Waals surface area contributed by atoms with Crippen LogP contribution in [0.2, 0.25) is 0 Å². The van der Waals surface area contributed by atoms with Crippen molar-refractivity contribution in [2.75, 3.05) is 6.61 Å². The van der Waals surface area contributed by atoms with Crippen molar-refractivity contribution in [3.63, 3.8) is 0 Å². The van der Waals surface area contributed by atoms with Gasteiger partial charge in [0, 0.05) is 6.04 Å². The van der Waals surface area contributed by atoms with Gasteiger partial charge >= 0.3 is 0 Å². The first-order valence-electron chi connectivity index (χ1n) is 3.40. The van der Waals surface area contributed by atoms with E-state index in [1.807, 2.05) is 0 Å². The lowest BCUT2D eigenvalue weighted by molar-refractivity contribution is 0.0214. The van der Waals surface area contributed by atoms with Crippen LogP contribution in [0.1, 0.15) is 6.92 Å². The van der Waals surface area contributed by atoms with E-state index < -0.39 is 12.2 Å². The van der Waals surface area contributed by atoms with Crippen LogP contribution >= 0.6 is 0 Å². The number of rotatable bonds is 1. The molecule has 0 saturated carbocycles. The molecule has 4 N–H and O–H groups in total. The van der Waals surface area contributed by atoms with E-state index in [0.29, 0.717) is 0 Å². The average molecular weight is 147 g/mol. The van der Waals surface area contributed by atoms with Crippen molar-refractivity contribution in [1.82, 2.24) is 5.32 Å². The van der Waals surface area contributed by atoms with Gasteiger partial charge in [-0.05, 0) is 6.92 Å². The highest BCUT2D eigenvalue weighted by atomic mass is 16.3. The summed E-state index contributed by atoms with van der Waals surface area (Å²) in [6.45, 7) is 1.63. The summed E-state index contributed by atoms with van der Waals surface area (Å²) < 4.78 is 0. The Morgan fingerprint density at radius 3 is 2.10 bits per heavy atom. The second kappa shape index (κ2) is 2.84. The normalized spacial score (nSPS) is 48.0. The summed E-state index contributed by atoms with van der Waals surface area (Å²) in [5.41, 5.74) is 0. The summed E-state index contributed by atoms with van der Waals surface area (Å²) in [6.07, 6.45) is -1.59. The smallest absolute Gasteiger partial charge is 0.0989 e. The maximum Gasteiger partial charge on any atom is 0.0989 e. The standard InChI is InChI=1S/C6H13NO3/c1-3-5(9)6(10)4(2-8)7-3/h3-10H,2H2,1H3/t3-,4-,5+,6+/m1/s1. The van der Waals surface area contributed by atoms with Crippen LogP contribution in [0.5, 0.6) is 0 Å². The van der Waals surface area contributed by atoms with Gasteiger partial charge in [-0.25, -0.2) is 0 Å². The lowest BCUT2D eigenvalue weighted by atomic mass is 10.1. The number of aliphatic hydroxyl groups excluding tert-OH is 3. The van der Waals surface area contributed by atoms with Gasteiger partial charge in [0.15, 0.2) is 0 Å². The van der Waals surface area contributed by atoms with E-state index in [0.717, 1.165) is 0 Å². The fraction of sp³-hybridized carbons (Fsp3) is 1.00. The Kier molecular flexibility index (Phi) is 2.25. The molecule has 0 amide bonds. The van der Waals surface area contributed by atoms with Gasteiger partial charge < -0.3 is 20.6 Å². The van der Waals surface area contributed by atoms with E-state index in [4.69, 9.17) is 15.3 Å². The fourth-order valence-corrected chi connectivity index (χ4v) is 1.23. The van der Waals surface area contributed by atoms with E-state index in [1.165, 1.54) is 0 Å². The van der Waals surface area contributed by atoms with Crippen LogP contribution in [0.4, 0.5) is 0 Å². The molecule has 0 aliphatic carbocycles. The molecule has 1 aliphatic rings. The third kappa shape index (κ3) is 1.15. The third-order valence-corrected chi connectivity index (χ3v) is 1.95. The Bertz CT molecular complexity index is 120. The molecule has 0 bridgehead atoms. The number of hydrogen-bond donors (Lipinski definition) is 4. The van der Waals surface area contributed by atoms with Gasteiger partial charge in [-0.15, -0.1) is 0 Å². The molecular formula is C6H13NO3. The second-order valence-electron chi connectivity index (χ2n) is 2.73. The zero-order valence-electron chi connectivity index (χ0n) is 5.86. The first-order valence-corrected chi connectivity index (χ1v) is 3.40. The van der Waals surface area contributed by atoms with Crippen molar-refractivity contribution < 1.29 is 15.3 Å². The summed E-state index contributed by atoms with van der Waals surface area (Å²) >= 11 is 0. The molecule has 1 saturated heterocycles. The Morgan fingerprint density at radius 2 is 1.90 bits per heavy atom. The molecule has 1 rings (SSSR count). The number of nitrogens with one attached hydrogen (secondary N) is 1. The molecule has 0 unspecified atom stereocenters. The Hall–Kier alpha value is -0.160. The molecule has 4 atom stereocenters. The van der Waals surface area contributed by atoms with Gasteiger partial charge in [0.25, 0.3) is 0 Å². The van der Waals surface area contributed by atoms with Crippen molar-refractivity contribution in [2.45, 2.75) is 31.2 Å². The van der Waals surface area contributed by atoms with Crippen molar-refractivity contribution in [3.8, 4) is 0 Å². The maximum atomic E-state index is 9.16. The molecule has 1 aliphatic heterocycles. The summed E-state index contributed by atoms with van der Waals surface area (Å²) in [5, 5.41) is 29.8. The van der Waals surface area contributed by atoms with Crippen LogP contribution in [0, 0.1) is 0 Å². The average Bonchev–Trinajstić information content (AvgIpc) is 2.17. The molecule has 60 valence electrons. The molecular weight excluding hydrogens is 134 g/mol. The lowest BCUT2D eigenvalue weighted by Gasteiger charge is -2.11. The zero-order valence-corrected chi connectivity index (χ0v) is 5.86. The predicted molar refractivity (Wildman–Crippen MR) is 35.5 cm³/mol. The summed E-state index contributed by atoms with van der Waals surface area (Å²) in [6, 6.07) is -0.503. The highest BCUT2D eigenvalue weighted by molar-refractivity contribution is 4.95. The maximum absolute atomic E-state index is 9.16. The molecule has 0 radical (unpaired) electrons. The third-order valence-electron chi connectivity index (χ3n) is 1.95. The summed E-state index contributed by atoms with van der Waals surface area (Å²) in [5.74, 6) is 0. The van der Waals surface area contributed by atoms with E-state index in [9.17, 15) is 0 Å². The van der Waals surface area contributed by atoms with Crippen LogP contribution in [0.25, 0.3) is 0 Å². The van der Waals surface area contributed by atoms with Crippen LogP contribution in [0.3, 0.4) is 0 Å². The van der Waals surface area contributed by atoms with Gasteiger partial charge in [-0.3, -0.25) is 0 Å². The van der Waals surface area contributed by atoms with Gasteiger partial charge in [0.1, 0.15) is 0 Å². The minimum absolute atomic E-state index is 0.132. The minimum atomic E-state index is -0.833. The fourth-order valence-electron chi connectivity index (χ4n) is 1.23. The van der Waals surface area contributed by atoms with Crippen molar-refractivity contribution in [2.24, 2.45) is 0 Å². The van der Waals surface area contributed by atoms with E-state index in [1.54, 1.807) is 6.92 Å². The van der Waals surface area contributed by atoms with Gasteiger partial charge in [0.05, 0.1) is 24.9 Å². The van der Waals surface area contributed by atoms with Crippen LogP contribution in [-0.4, -0.2) is 46.2 Å². The topological polar surface area (TPSA) is 72.7 Å². The van der Waals surface area contributed by atoms with Gasteiger partial charge in [0.2, 0.25) is 0 Å². The Balaban J connectivity index is 2.53. The molecule has 4 nitrogen and oxygen atoms in total. The monoisotopic (exact) mass is 147 g/mol. The molecule has 0 spiro atoms. The Labute approximate surface area is 59.5 Å². The number of aliphatic hydroxyl groups is 3. The van der Waals surface area contributed by atoms with Gasteiger partial charge in [-0.1, -0.05) is 0 Å². The SMILES string of the molecule is C[C@H]1N[C@H](CO)[C@H](O)[C@H]1O. The highest BCUT2D eigenvalue weighted by Crippen LogP contribution is 2.12. The molecule has 0 aromatic heterocycles. The minimum Gasteiger partial charge on any atom is -0.395 e. The molecule has 0 aromatic rings. The van der Waals surface area contributed by atoms with E-state index in [-0.39, 0.29) is 18.7 Å². The first kappa shape index (κ1) is 7.94. The van der Waals surface area contributed by atoms with Crippen molar-refractivity contribution >= 4 is 0 Å². The molecule has 1 fully saturated rings. The summed E-state index contributed by atoms with van der Waals surface area (Å²) in [7, 11) is 0. The van der Waals surface area contributed by atoms with Gasteiger partial charge in [-0.2, -0.15) is 0 Å². The van der Waals surface area contributed by atoms with Crippen molar-refractivity contribution in [3.05, 3.63) is 0 Å². The van der Waals surface area contributed by atoms with Crippen LogP contribution in [0.15, 0.2) is 0 Å². The predicted octanol–water partition coefficient (Wildman–Crippen LogP) is -1.94. The van der Waals surface area contributed by atoms with Crippen LogP contribution < -0.4 is 5.32 Å². The molecule has 10 heavy (non-hydrogen) atoms. The summed E-state index contributed by atoms with van der Waals surface area (Å²) in [4.78, 5) is 0.